The van der Waals surface area contributed by atoms with Gasteiger partial charge in [0.25, 0.3) is 0 Å². The molecule has 2 aromatic rings. The van der Waals surface area contributed by atoms with Gasteiger partial charge < -0.3 is 42.4 Å². The van der Waals surface area contributed by atoms with Crippen molar-refractivity contribution in [3.63, 3.8) is 0 Å². The second-order valence-corrected chi connectivity index (χ2v) is 13.8. The van der Waals surface area contributed by atoms with E-state index in [9.17, 15) is 29.2 Å². The molecule has 2 aromatic carbocycles. The largest absolute Gasteiger partial charge is 0.460 e. The van der Waals surface area contributed by atoms with Crippen molar-refractivity contribution in [3.05, 3.63) is 71.8 Å². The molecule has 1 saturated heterocycles. The first-order valence-corrected chi connectivity index (χ1v) is 17.0. The van der Waals surface area contributed by atoms with Crippen molar-refractivity contribution in [2.24, 2.45) is 23.3 Å². The highest BCUT2D eigenvalue weighted by molar-refractivity contribution is 6.47. The van der Waals surface area contributed by atoms with Gasteiger partial charge in [0.05, 0.1) is 6.04 Å². The molecular weight excluding hydrogens is 611 g/mol. The van der Waals surface area contributed by atoms with E-state index in [0.717, 1.165) is 11.1 Å². The summed E-state index contributed by atoms with van der Waals surface area (Å²) >= 11 is 0. The Bertz CT molecular complexity index is 1380. The standard InChI is InChI=1S/C35H51BN6O6/c1-23(2)17-29(32(44)39-28(15-9-10-16-37)34(46)42-21-26-20-35(26,22-42)36(47)48)41-33(45)30(19-25-13-7-4-8-14-25)40-31(43)27(38)18-24-11-5-3-6-12-24/h3-8,11-14,23,26-30,47-48H,9-10,15-22,37-38H2,1-2H3,(H,39,44)(H,40,43)(H,41,45)/t26?,27-,28-,29-,30-,35?/m1/s1. The summed E-state index contributed by atoms with van der Waals surface area (Å²) < 4.78 is 0. The molecule has 1 heterocycles. The van der Waals surface area contributed by atoms with Crippen LogP contribution in [0.4, 0.5) is 0 Å². The number of benzene rings is 2. The van der Waals surface area contributed by atoms with E-state index in [4.69, 9.17) is 11.5 Å². The molecule has 13 heteroatoms. The molecule has 2 fully saturated rings. The first kappa shape index (κ1) is 37.1. The zero-order valence-electron chi connectivity index (χ0n) is 28.0. The molecule has 2 unspecified atom stereocenters. The number of carbonyl (C=O) groups is 4. The quantitative estimate of drug-likeness (QED) is 0.0884. The van der Waals surface area contributed by atoms with Crippen LogP contribution >= 0.6 is 0 Å². The smallest absolute Gasteiger partial charge is 0.427 e. The fourth-order valence-electron chi connectivity index (χ4n) is 6.61. The van der Waals surface area contributed by atoms with Gasteiger partial charge in [-0.1, -0.05) is 74.5 Å². The van der Waals surface area contributed by atoms with Crippen molar-refractivity contribution in [1.29, 1.82) is 0 Å². The number of piperidine rings is 1. The van der Waals surface area contributed by atoms with Crippen LogP contribution in [0.1, 0.15) is 57.1 Å². The number of nitrogens with two attached hydrogens (primary N) is 2. The summed E-state index contributed by atoms with van der Waals surface area (Å²) in [6, 6.07) is 14.9. The lowest BCUT2D eigenvalue weighted by Crippen LogP contribution is -2.58. The van der Waals surface area contributed by atoms with Gasteiger partial charge in [-0.05, 0) is 68.0 Å². The van der Waals surface area contributed by atoms with Gasteiger partial charge in [0.15, 0.2) is 0 Å². The Morgan fingerprint density at radius 3 is 1.98 bits per heavy atom. The van der Waals surface area contributed by atoms with Crippen LogP contribution in [0.25, 0.3) is 0 Å². The van der Waals surface area contributed by atoms with Gasteiger partial charge >= 0.3 is 7.12 Å². The van der Waals surface area contributed by atoms with Gasteiger partial charge in [0.2, 0.25) is 23.6 Å². The molecule has 0 aromatic heterocycles. The molecule has 6 atom stereocenters. The van der Waals surface area contributed by atoms with E-state index >= 15 is 0 Å². The lowest BCUT2D eigenvalue weighted by molar-refractivity contribution is -0.137. The Labute approximate surface area is 283 Å². The summed E-state index contributed by atoms with van der Waals surface area (Å²) in [6.45, 7) is 4.92. The number of fused-ring (bicyclic) bond motifs is 1. The third-order valence-electron chi connectivity index (χ3n) is 9.48. The van der Waals surface area contributed by atoms with Crippen LogP contribution in [-0.2, 0) is 32.0 Å². The van der Waals surface area contributed by atoms with E-state index in [1.165, 1.54) is 0 Å². The van der Waals surface area contributed by atoms with E-state index in [1.54, 1.807) is 4.90 Å². The average Bonchev–Trinajstić information content (AvgIpc) is 3.64. The normalized spacial score (nSPS) is 20.6. The molecule has 0 spiro atoms. The molecular formula is C35H51BN6O6. The fourth-order valence-corrected chi connectivity index (χ4v) is 6.61. The van der Waals surface area contributed by atoms with Gasteiger partial charge in [-0.2, -0.15) is 0 Å². The summed E-state index contributed by atoms with van der Waals surface area (Å²) in [5.74, 6) is -1.78. The average molecular weight is 663 g/mol. The Balaban J connectivity index is 1.47. The topological polar surface area (TPSA) is 200 Å². The monoisotopic (exact) mass is 662 g/mol. The van der Waals surface area contributed by atoms with Crippen molar-refractivity contribution >= 4 is 30.7 Å². The molecule has 4 amide bonds. The van der Waals surface area contributed by atoms with Crippen molar-refractivity contribution in [2.45, 2.75) is 88.3 Å². The lowest BCUT2D eigenvalue weighted by atomic mass is 9.68. The molecule has 1 saturated carbocycles. The molecule has 1 aliphatic heterocycles. The highest BCUT2D eigenvalue weighted by Gasteiger charge is 2.67. The van der Waals surface area contributed by atoms with Crippen LogP contribution in [0.5, 0.6) is 0 Å². The summed E-state index contributed by atoms with van der Waals surface area (Å²) in [4.78, 5) is 56.2. The van der Waals surface area contributed by atoms with Gasteiger partial charge in [0.1, 0.15) is 18.1 Å². The van der Waals surface area contributed by atoms with Gasteiger partial charge in [-0.3, -0.25) is 19.2 Å². The number of likely N-dealkylation sites (tertiary alicyclic amines) is 1. The first-order valence-electron chi connectivity index (χ1n) is 17.0. The van der Waals surface area contributed by atoms with Crippen LogP contribution in [-0.4, -0.2) is 89.5 Å². The second kappa shape index (κ2) is 17.1. The van der Waals surface area contributed by atoms with Crippen molar-refractivity contribution < 1.29 is 29.2 Å². The number of carbonyl (C=O) groups excluding carboxylic acids is 4. The minimum atomic E-state index is -1.51. The predicted octanol–water partition coefficient (Wildman–Crippen LogP) is 0.504. The number of nitrogens with one attached hydrogen (secondary N) is 3. The third kappa shape index (κ3) is 9.88. The van der Waals surface area contributed by atoms with Crippen LogP contribution in [0, 0.1) is 11.8 Å². The Kier molecular flexibility index (Phi) is 13.2. The van der Waals surface area contributed by atoms with Crippen molar-refractivity contribution in [2.75, 3.05) is 19.6 Å². The molecule has 260 valence electrons. The highest BCUT2D eigenvalue weighted by Crippen LogP contribution is 2.65. The zero-order chi connectivity index (χ0) is 34.8. The second-order valence-electron chi connectivity index (χ2n) is 13.8. The number of hydrogen-bond acceptors (Lipinski definition) is 8. The van der Waals surface area contributed by atoms with E-state index in [0.29, 0.717) is 51.6 Å². The van der Waals surface area contributed by atoms with Crippen LogP contribution in [0.2, 0.25) is 5.31 Å². The molecule has 0 radical (unpaired) electrons. The van der Waals surface area contributed by atoms with Crippen LogP contribution in [0.15, 0.2) is 60.7 Å². The summed E-state index contributed by atoms with van der Waals surface area (Å²) in [5.41, 5.74) is 13.7. The molecule has 2 aliphatic rings. The molecule has 48 heavy (non-hydrogen) atoms. The van der Waals surface area contributed by atoms with Gasteiger partial charge in [-0.25, -0.2) is 0 Å². The van der Waals surface area contributed by atoms with Gasteiger partial charge in [-0.15, -0.1) is 0 Å². The fraction of sp³-hybridized carbons (Fsp3) is 0.543. The Morgan fingerprint density at radius 1 is 0.854 bits per heavy atom. The van der Waals surface area contributed by atoms with Crippen molar-refractivity contribution in [1.82, 2.24) is 20.9 Å². The number of nitrogens with zero attached hydrogens (tertiary/aromatic N) is 1. The molecule has 9 N–H and O–H groups in total. The van der Waals surface area contributed by atoms with Crippen LogP contribution < -0.4 is 27.4 Å². The maximum Gasteiger partial charge on any atom is 0.460 e. The van der Waals surface area contributed by atoms with E-state index in [-0.39, 0.29) is 30.7 Å². The molecule has 12 nitrogen and oxygen atoms in total. The number of rotatable bonds is 18. The number of amides is 4. The van der Waals surface area contributed by atoms with E-state index in [2.05, 4.69) is 16.0 Å². The molecule has 4 rings (SSSR count). The summed E-state index contributed by atoms with van der Waals surface area (Å²) in [6.07, 6.45) is 3.05. The highest BCUT2D eigenvalue weighted by atomic mass is 16.4. The predicted molar refractivity (Wildman–Crippen MR) is 184 cm³/mol. The summed E-state index contributed by atoms with van der Waals surface area (Å²) in [5, 5.41) is 27.7. The van der Waals surface area contributed by atoms with E-state index < -0.39 is 54.3 Å². The maximum absolute atomic E-state index is 13.9. The Hall–Kier alpha value is -3.78. The maximum atomic E-state index is 13.9. The lowest BCUT2D eigenvalue weighted by Gasteiger charge is -2.29. The van der Waals surface area contributed by atoms with E-state index in [1.807, 2.05) is 74.5 Å². The van der Waals surface area contributed by atoms with Crippen molar-refractivity contribution in [3.8, 4) is 0 Å². The number of hydrogen-bond donors (Lipinski definition) is 7. The zero-order valence-corrected chi connectivity index (χ0v) is 28.0. The molecule has 1 aliphatic carbocycles. The van der Waals surface area contributed by atoms with Gasteiger partial charge in [0, 0.05) is 24.8 Å². The molecule has 0 bridgehead atoms. The Morgan fingerprint density at radius 2 is 1.42 bits per heavy atom. The summed E-state index contributed by atoms with van der Waals surface area (Å²) in [7, 11) is -1.51. The SMILES string of the molecule is CC(C)C[C@@H](NC(=O)[C@@H](Cc1ccccc1)NC(=O)[C@H](N)Cc1ccccc1)C(=O)N[C@H](CCCCN)C(=O)N1CC2CC2(B(O)O)C1. The van der Waals surface area contributed by atoms with Crippen LogP contribution in [0.3, 0.4) is 0 Å². The first-order chi connectivity index (χ1) is 22.9. The third-order valence-corrected chi connectivity index (χ3v) is 9.48. The minimum Gasteiger partial charge on any atom is -0.427 e. The minimum absolute atomic E-state index is 0.0190. The number of unbranched alkanes of at least 4 members (excludes halogenated alkanes) is 1.